The molecule has 0 aliphatic rings. The highest BCUT2D eigenvalue weighted by atomic mass is 16.1. The number of carbonyl (C=O) groups excluding carboxylic acids is 1. The van der Waals surface area contributed by atoms with Gasteiger partial charge in [0.15, 0.2) is 0 Å². The molecule has 0 fully saturated rings. The zero-order valence-corrected chi connectivity index (χ0v) is 18.3. The molecular weight excluding hydrogens is 306 g/mol. The molecule has 0 bridgehead atoms. The summed E-state index contributed by atoms with van der Waals surface area (Å²) in [6.07, 6.45) is 2.81. The fourth-order valence-corrected chi connectivity index (χ4v) is 1.07. The van der Waals surface area contributed by atoms with Crippen molar-refractivity contribution in [2.75, 3.05) is 6.54 Å². The maximum Gasteiger partial charge on any atom is 0.207 e. The average Bonchev–Trinajstić information content (AvgIpc) is 2.57. The molecule has 0 saturated carbocycles. The first-order valence-electron chi connectivity index (χ1n) is 9.13. The number of hydrogen-bond donors (Lipinski definition) is 1. The van der Waals surface area contributed by atoms with E-state index >= 15 is 0 Å². The van der Waals surface area contributed by atoms with Gasteiger partial charge in [0.05, 0.1) is 0 Å². The van der Waals surface area contributed by atoms with Gasteiger partial charge in [0, 0.05) is 6.54 Å². The first-order chi connectivity index (χ1) is 11.6. The van der Waals surface area contributed by atoms with E-state index in [1.54, 1.807) is 0 Å². The van der Waals surface area contributed by atoms with Crippen LogP contribution in [0.2, 0.25) is 0 Å². The first-order valence-corrected chi connectivity index (χ1v) is 9.13. The molecule has 0 aliphatic carbocycles. The van der Waals surface area contributed by atoms with Crippen LogP contribution < -0.4 is 5.32 Å². The van der Waals surface area contributed by atoms with E-state index in [0.29, 0.717) is 11.8 Å². The number of carbonyl (C=O) groups is 1. The van der Waals surface area contributed by atoms with E-state index in [1.807, 2.05) is 20.8 Å². The molecule has 1 aromatic rings. The summed E-state index contributed by atoms with van der Waals surface area (Å²) in [5.74, 6) is 0. The van der Waals surface area contributed by atoms with Crippen LogP contribution in [-0.2, 0) is 4.79 Å². The van der Waals surface area contributed by atoms with Crippen LogP contribution in [0.1, 0.15) is 73.4 Å². The van der Waals surface area contributed by atoms with Gasteiger partial charge in [-0.15, -0.1) is 0 Å². The summed E-state index contributed by atoms with van der Waals surface area (Å²) in [6, 6.07) is 8.60. The summed E-state index contributed by atoms with van der Waals surface area (Å²) < 4.78 is 0. The van der Waals surface area contributed by atoms with Crippen molar-refractivity contribution in [3.63, 3.8) is 0 Å². The van der Waals surface area contributed by atoms with E-state index in [9.17, 15) is 4.79 Å². The summed E-state index contributed by atoms with van der Waals surface area (Å²) in [5.41, 5.74) is 5.52. The standard InChI is InChI=1S/C11H14.C7H14.C3H7NO.C2H6/c1-4-10(3)11-7-5-9(2)6-8-11;1-6(2)7(3,4)5;1-2-4-3-5;1-2/h4-8H,1-3H3;1H2,2-5H3;3H,2H2,1H3,(H,4,5);1-2H3/b10-4+;;;. The summed E-state index contributed by atoms with van der Waals surface area (Å²) in [7, 11) is 0. The topological polar surface area (TPSA) is 29.1 Å². The Bertz CT molecular complexity index is 476. The molecule has 0 saturated heterocycles. The van der Waals surface area contributed by atoms with Crippen molar-refractivity contribution in [1.82, 2.24) is 5.32 Å². The molecule has 2 heteroatoms. The summed E-state index contributed by atoms with van der Waals surface area (Å²) >= 11 is 0. The zero-order chi connectivity index (χ0) is 20.5. The van der Waals surface area contributed by atoms with Crippen molar-refractivity contribution in [1.29, 1.82) is 0 Å². The van der Waals surface area contributed by atoms with E-state index in [0.717, 1.165) is 6.54 Å². The molecule has 144 valence electrons. The summed E-state index contributed by atoms with van der Waals surface area (Å²) in [4.78, 5) is 9.29. The number of nitrogens with one attached hydrogen (secondary N) is 1. The van der Waals surface area contributed by atoms with E-state index in [-0.39, 0.29) is 0 Å². The molecule has 25 heavy (non-hydrogen) atoms. The van der Waals surface area contributed by atoms with Crippen LogP contribution in [-0.4, -0.2) is 13.0 Å². The maximum atomic E-state index is 9.29. The Morgan fingerprint density at radius 3 is 1.72 bits per heavy atom. The largest absolute Gasteiger partial charge is 0.359 e. The van der Waals surface area contributed by atoms with Crippen molar-refractivity contribution in [3.05, 3.63) is 53.6 Å². The van der Waals surface area contributed by atoms with Gasteiger partial charge in [-0.2, -0.15) is 0 Å². The number of aryl methyl sites for hydroxylation is 1. The van der Waals surface area contributed by atoms with Crippen molar-refractivity contribution >= 4 is 12.0 Å². The van der Waals surface area contributed by atoms with Crippen LogP contribution in [0.25, 0.3) is 5.57 Å². The first kappa shape index (κ1) is 28.0. The SMILES string of the molecule is C/C=C(\C)c1ccc(C)cc1.C=C(C)C(C)(C)C.CC.CCNC=O. The normalized spacial score (nSPS) is 9.92. The minimum atomic E-state index is 0.306. The maximum absolute atomic E-state index is 9.29. The number of rotatable bonds is 3. The average molecular weight is 348 g/mol. The van der Waals surface area contributed by atoms with E-state index < -0.39 is 0 Å². The molecule has 1 rings (SSSR count). The number of amides is 1. The lowest BCUT2D eigenvalue weighted by molar-refractivity contribution is -0.109. The summed E-state index contributed by atoms with van der Waals surface area (Å²) in [6.45, 7) is 25.3. The smallest absolute Gasteiger partial charge is 0.207 e. The van der Waals surface area contributed by atoms with Gasteiger partial charge in [0.2, 0.25) is 6.41 Å². The van der Waals surface area contributed by atoms with Crippen LogP contribution in [0.5, 0.6) is 0 Å². The molecule has 0 atom stereocenters. The molecule has 0 unspecified atom stereocenters. The number of hydrogen-bond acceptors (Lipinski definition) is 1. The molecule has 1 amide bonds. The molecular formula is C23H41NO. The lowest BCUT2D eigenvalue weighted by atomic mass is 9.89. The predicted molar refractivity (Wildman–Crippen MR) is 116 cm³/mol. The van der Waals surface area contributed by atoms with E-state index in [1.165, 1.54) is 22.3 Å². The van der Waals surface area contributed by atoms with Crippen molar-refractivity contribution < 1.29 is 4.79 Å². The van der Waals surface area contributed by atoms with Crippen LogP contribution in [0.3, 0.4) is 0 Å². The molecule has 1 aromatic carbocycles. The van der Waals surface area contributed by atoms with Crippen LogP contribution in [0, 0.1) is 12.3 Å². The van der Waals surface area contributed by atoms with Crippen LogP contribution >= 0.6 is 0 Å². The molecule has 2 nitrogen and oxygen atoms in total. The Balaban J connectivity index is -0.000000300. The second kappa shape index (κ2) is 17.0. The number of allylic oxidation sites excluding steroid dienone is 3. The molecule has 0 radical (unpaired) electrons. The lowest BCUT2D eigenvalue weighted by Gasteiger charge is -2.16. The minimum absolute atomic E-state index is 0.306. The highest BCUT2D eigenvalue weighted by molar-refractivity contribution is 5.63. The molecule has 0 heterocycles. The third-order valence-corrected chi connectivity index (χ3v) is 3.51. The molecule has 0 aliphatic heterocycles. The van der Waals surface area contributed by atoms with Gasteiger partial charge >= 0.3 is 0 Å². The highest BCUT2D eigenvalue weighted by Gasteiger charge is 2.08. The Morgan fingerprint density at radius 1 is 1.12 bits per heavy atom. The third-order valence-electron chi connectivity index (χ3n) is 3.51. The van der Waals surface area contributed by atoms with Gasteiger partial charge in [-0.25, -0.2) is 0 Å². The Labute approximate surface area is 157 Å². The minimum Gasteiger partial charge on any atom is -0.359 e. The van der Waals surface area contributed by atoms with Gasteiger partial charge in [-0.3, -0.25) is 4.79 Å². The lowest BCUT2D eigenvalue weighted by Crippen LogP contribution is -2.07. The molecule has 0 aromatic heterocycles. The summed E-state index contributed by atoms with van der Waals surface area (Å²) in [5, 5.41) is 2.43. The molecule has 0 spiro atoms. The fraction of sp³-hybridized carbons (Fsp3) is 0.522. The van der Waals surface area contributed by atoms with Crippen molar-refractivity contribution in [2.24, 2.45) is 5.41 Å². The van der Waals surface area contributed by atoms with Gasteiger partial charge in [-0.1, -0.05) is 82.7 Å². The third kappa shape index (κ3) is 18.4. The van der Waals surface area contributed by atoms with Gasteiger partial charge in [0.25, 0.3) is 0 Å². The van der Waals surface area contributed by atoms with E-state index in [4.69, 9.17) is 0 Å². The Kier molecular flexibility index (Phi) is 19.0. The fourth-order valence-electron chi connectivity index (χ4n) is 1.07. The second-order valence-electron chi connectivity index (χ2n) is 6.54. The highest BCUT2D eigenvalue weighted by Crippen LogP contribution is 2.21. The Morgan fingerprint density at radius 2 is 1.52 bits per heavy atom. The molecule has 1 N–H and O–H groups in total. The van der Waals surface area contributed by atoms with Crippen molar-refractivity contribution in [3.8, 4) is 0 Å². The predicted octanol–water partition coefficient (Wildman–Crippen LogP) is 6.81. The second-order valence-corrected chi connectivity index (χ2v) is 6.54. The van der Waals surface area contributed by atoms with Crippen molar-refractivity contribution in [2.45, 2.75) is 69.2 Å². The van der Waals surface area contributed by atoms with Crippen LogP contribution in [0.15, 0.2) is 42.5 Å². The van der Waals surface area contributed by atoms with Crippen LogP contribution in [0.4, 0.5) is 0 Å². The van der Waals surface area contributed by atoms with Gasteiger partial charge < -0.3 is 5.32 Å². The van der Waals surface area contributed by atoms with E-state index in [2.05, 4.69) is 90.7 Å². The van der Waals surface area contributed by atoms with Gasteiger partial charge in [-0.05, 0) is 51.2 Å². The Hall–Kier alpha value is -1.83. The monoisotopic (exact) mass is 347 g/mol. The zero-order valence-electron chi connectivity index (χ0n) is 18.3. The number of benzene rings is 1. The van der Waals surface area contributed by atoms with Gasteiger partial charge in [0.1, 0.15) is 0 Å². The quantitative estimate of drug-likeness (QED) is 0.472.